The SMILES string of the molecule is O=c1/c(=C/c2c[nH]c3ccccc23)sc2n1[C@@H](c1cccs1)C1=C(N=2)c2ccccc2CC1. The van der Waals surface area contributed by atoms with Crippen molar-refractivity contribution in [3.05, 3.63) is 119 Å². The lowest BCUT2D eigenvalue weighted by Crippen LogP contribution is -2.38. The monoisotopic (exact) mass is 465 g/mol. The number of H-pyrrole nitrogens is 1. The third kappa shape index (κ3) is 2.88. The maximum absolute atomic E-state index is 13.8. The van der Waals surface area contributed by atoms with Gasteiger partial charge in [-0.3, -0.25) is 9.36 Å². The van der Waals surface area contributed by atoms with Gasteiger partial charge in [0, 0.05) is 33.1 Å². The van der Waals surface area contributed by atoms with Crippen LogP contribution >= 0.6 is 22.7 Å². The number of rotatable bonds is 2. The van der Waals surface area contributed by atoms with Crippen molar-refractivity contribution in [2.45, 2.75) is 18.9 Å². The number of thiophene rings is 1. The van der Waals surface area contributed by atoms with Gasteiger partial charge in [-0.05, 0) is 47.6 Å². The van der Waals surface area contributed by atoms with Gasteiger partial charge in [0.25, 0.3) is 5.56 Å². The number of hydrogen-bond donors (Lipinski definition) is 1. The van der Waals surface area contributed by atoms with E-state index in [4.69, 9.17) is 4.99 Å². The number of aromatic amines is 1. The highest BCUT2D eigenvalue weighted by Gasteiger charge is 2.32. The second-order valence-electron chi connectivity index (χ2n) is 8.42. The van der Waals surface area contributed by atoms with Crippen LogP contribution in [0, 0.1) is 0 Å². The molecule has 0 saturated heterocycles. The number of aryl methyl sites for hydroxylation is 1. The molecule has 4 heterocycles. The number of thiazole rings is 1. The van der Waals surface area contributed by atoms with Crippen LogP contribution < -0.4 is 14.9 Å². The number of fused-ring (bicyclic) bond motifs is 4. The average Bonchev–Trinajstić information content (AvgIpc) is 3.59. The molecular formula is C27H19N3OS2. The van der Waals surface area contributed by atoms with Gasteiger partial charge in [0.1, 0.15) is 0 Å². The largest absolute Gasteiger partial charge is 0.361 e. The second-order valence-corrected chi connectivity index (χ2v) is 10.4. The molecule has 0 amide bonds. The molecule has 1 atom stereocenters. The molecule has 5 aromatic rings. The second kappa shape index (κ2) is 7.27. The molecule has 6 heteroatoms. The molecule has 4 nitrogen and oxygen atoms in total. The lowest BCUT2D eigenvalue weighted by molar-refractivity contribution is 0.593. The van der Waals surface area contributed by atoms with E-state index in [-0.39, 0.29) is 11.6 Å². The Morgan fingerprint density at radius 3 is 2.82 bits per heavy atom. The molecule has 0 radical (unpaired) electrons. The molecule has 0 fully saturated rings. The van der Waals surface area contributed by atoms with Gasteiger partial charge in [-0.2, -0.15) is 0 Å². The fourth-order valence-electron chi connectivity index (χ4n) is 5.07. The van der Waals surface area contributed by atoms with Crippen molar-refractivity contribution in [2.75, 3.05) is 0 Å². The highest BCUT2D eigenvalue weighted by Crippen LogP contribution is 2.42. The van der Waals surface area contributed by atoms with Crippen molar-refractivity contribution in [3.8, 4) is 0 Å². The summed E-state index contributed by atoms with van der Waals surface area (Å²) in [7, 11) is 0. The van der Waals surface area contributed by atoms with E-state index in [1.807, 2.05) is 29.0 Å². The molecule has 7 rings (SSSR count). The molecule has 1 aliphatic heterocycles. The smallest absolute Gasteiger partial charge is 0.271 e. The van der Waals surface area contributed by atoms with Gasteiger partial charge < -0.3 is 4.98 Å². The third-order valence-corrected chi connectivity index (χ3v) is 8.50. The number of benzene rings is 2. The molecule has 2 aliphatic rings. The van der Waals surface area contributed by atoms with Gasteiger partial charge >= 0.3 is 0 Å². The van der Waals surface area contributed by atoms with Crippen LogP contribution in [-0.2, 0) is 6.42 Å². The summed E-state index contributed by atoms with van der Waals surface area (Å²) in [5.74, 6) is 0. The van der Waals surface area contributed by atoms with Gasteiger partial charge in [0.15, 0.2) is 4.80 Å². The summed E-state index contributed by atoms with van der Waals surface area (Å²) in [5, 5.41) is 3.21. The van der Waals surface area contributed by atoms with Crippen LogP contribution in [0.5, 0.6) is 0 Å². The number of aromatic nitrogens is 2. The van der Waals surface area contributed by atoms with Crippen LogP contribution in [0.15, 0.2) is 87.6 Å². The van der Waals surface area contributed by atoms with E-state index in [0.29, 0.717) is 4.53 Å². The summed E-state index contributed by atoms with van der Waals surface area (Å²) < 4.78 is 2.64. The van der Waals surface area contributed by atoms with Crippen LogP contribution in [0.2, 0.25) is 0 Å². The van der Waals surface area contributed by atoms with Gasteiger partial charge in [-0.15, -0.1) is 11.3 Å². The van der Waals surface area contributed by atoms with E-state index in [9.17, 15) is 4.79 Å². The molecule has 0 unspecified atom stereocenters. The minimum atomic E-state index is -0.0882. The standard InChI is InChI=1S/C27H19N3OS2/c31-26-23(14-17-15-28-21-9-4-3-7-18(17)21)33-27-29-24-19-8-2-1-6-16(19)11-12-20(24)25(30(26)27)22-10-5-13-32-22/h1-10,13-15,25,28H,11-12H2/b23-14-/t25-/m1/s1. The molecule has 0 spiro atoms. The first-order valence-corrected chi connectivity index (χ1v) is 12.7. The summed E-state index contributed by atoms with van der Waals surface area (Å²) in [5.41, 5.74) is 6.97. The van der Waals surface area contributed by atoms with E-state index in [1.165, 1.54) is 32.9 Å². The van der Waals surface area contributed by atoms with Crippen LogP contribution in [0.3, 0.4) is 0 Å². The van der Waals surface area contributed by atoms with Crippen molar-refractivity contribution in [2.24, 2.45) is 4.99 Å². The fraction of sp³-hybridized carbons (Fsp3) is 0.111. The number of allylic oxidation sites excluding steroid dienone is 1. The molecule has 33 heavy (non-hydrogen) atoms. The van der Waals surface area contributed by atoms with Gasteiger partial charge in [-0.25, -0.2) is 4.99 Å². The summed E-state index contributed by atoms with van der Waals surface area (Å²) in [6.45, 7) is 0. The Balaban J connectivity index is 1.50. The molecule has 1 aliphatic carbocycles. The van der Waals surface area contributed by atoms with Gasteiger partial charge in [-0.1, -0.05) is 59.9 Å². The van der Waals surface area contributed by atoms with Crippen molar-refractivity contribution < 1.29 is 0 Å². The summed E-state index contributed by atoms with van der Waals surface area (Å²) in [4.78, 5) is 24.1. The predicted molar refractivity (Wildman–Crippen MR) is 135 cm³/mol. The van der Waals surface area contributed by atoms with E-state index < -0.39 is 0 Å². The van der Waals surface area contributed by atoms with Crippen molar-refractivity contribution in [3.63, 3.8) is 0 Å². The van der Waals surface area contributed by atoms with Crippen LogP contribution in [0.1, 0.15) is 34.0 Å². The minimum Gasteiger partial charge on any atom is -0.361 e. The van der Waals surface area contributed by atoms with Crippen molar-refractivity contribution in [1.29, 1.82) is 0 Å². The zero-order chi connectivity index (χ0) is 21.9. The van der Waals surface area contributed by atoms with E-state index in [0.717, 1.165) is 39.8 Å². The summed E-state index contributed by atoms with van der Waals surface area (Å²) in [6.07, 6.45) is 5.88. The molecule has 0 bridgehead atoms. The van der Waals surface area contributed by atoms with E-state index in [2.05, 4.69) is 58.9 Å². The van der Waals surface area contributed by atoms with Crippen molar-refractivity contribution in [1.82, 2.24) is 9.55 Å². The van der Waals surface area contributed by atoms with Crippen LogP contribution in [0.4, 0.5) is 0 Å². The topological polar surface area (TPSA) is 50.1 Å². The lowest BCUT2D eigenvalue weighted by Gasteiger charge is -2.30. The number of nitrogens with one attached hydrogen (secondary N) is 1. The molecule has 160 valence electrons. The number of para-hydroxylation sites is 1. The lowest BCUT2D eigenvalue weighted by atomic mass is 9.85. The molecule has 0 saturated carbocycles. The Bertz CT molecular complexity index is 1750. The average molecular weight is 466 g/mol. The normalized spacial score (nSPS) is 17.6. The van der Waals surface area contributed by atoms with Crippen LogP contribution in [-0.4, -0.2) is 9.55 Å². The minimum absolute atomic E-state index is 0.0350. The predicted octanol–water partition coefficient (Wildman–Crippen LogP) is 4.86. The molecular weight excluding hydrogens is 446 g/mol. The quantitative estimate of drug-likeness (QED) is 0.398. The zero-order valence-electron chi connectivity index (χ0n) is 17.6. The molecule has 2 aromatic carbocycles. The van der Waals surface area contributed by atoms with Crippen molar-refractivity contribution >= 4 is 45.3 Å². The molecule has 3 aromatic heterocycles. The Morgan fingerprint density at radius 1 is 1.03 bits per heavy atom. The Hall–Kier alpha value is -3.48. The van der Waals surface area contributed by atoms with E-state index in [1.54, 1.807) is 11.3 Å². The highest BCUT2D eigenvalue weighted by molar-refractivity contribution is 7.10. The summed E-state index contributed by atoms with van der Waals surface area (Å²) in [6, 6.07) is 20.8. The van der Waals surface area contributed by atoms with Gasteiger partial charge in [0.2, 0.25) is 0 Å². The number of nitrogens with zero attached hydrogens (tertiary/aromatic N) is 2. The summed E-state index contributed by atoms with van der Waals surface area (Å²) >= 11 is 3.19. The maximum Gasteiger partial charge on any atom is 0.271 e. The Morgan fingerprint density at radius 2 is 1.91 bits per heavy atom. The van der Waals surface area contributed by atoms with Crippen LogP contribution in [0.25, 0.3) is 22.7 Å². The molecule has 1 N–H and O–H groups in total. The van der Waals surface area contributed by atoms with Gasteiger partial charge in [0.05, 0.1) is 16.3 Å². The van der Waals surface area contributed by atoms with E-state index >= 15 is 0 Å². The zero-order valence-corrected chi connectivity index (χ0v) is 19.2. The Labute approximate surface area is 197 Å². The first-order valence-electron chi connectivity index (χ1n) is 11.0. The first-order chi connectivity index (χ1) is 16.3. The fourth-order valence-corrected chi connectivity index (χ4v) is 6.91. The first kappa shape index (κ1) is 19.0. The number of hydrogen-bond acceptors (Lipinski definition) is 4. The maximum atomic E-state index is 13.8. The third-order valence-electron chi connectivity index (χ3n) is 6.59. The Kier molecular flexibility index (Phi) is 4.19. The highest BCUT2D eigenvalue weighted by atomic mass is 32.1.